The molecule has 0 heterocycles. The van der Waals surface area contributed by atoms with Gasteiger partial charge in [-0.15, -0.1) is 12.4 Å². The number of hydrogen-bond acceptors (Lipinski definition) is 4. The van der Waals surface area contributed by atoms with E-state index in [-0.39, 0.29) is 30.4 Å². The van der Waals surface area contributed by atoms with Crippen molar-refractivity contribution in [2.45, 2.75) is 6.42 Å². The first-order valence-corrected chi connectivity index (χ1v) is 5.73. The third kappa shape index (κ3) is 4.99. The number of amides is 1. The van der Waals surface area contributed by atoms with Gasteiger partial charge in [-0.2, -0.15) is 0 Å². The fourth-order valence-corrected chi connectivity index (χ4v) is 1.75. The topological polar surface area (TPSA) is 98.3 Å². The largest absolute Gasteiger partial charge is 0.355 e. The van der Waals surface area contributed by atoms with Crippen LogP contribution >= 0.6 is 28.3 Å². The highest BCUT2D eigenvalue weighted by atomic mass is 79.9. The average molecular weight is 339 g/mol. The van der Waals surface area contributed by atoms with E-state index in [0.29, 0.717) is 23.1 Å². The van der Waals surface area contributed by atoms with E-state index in [0.717, 1.165) is 0 Å². The highest BCUT2D eigenvalue weighted by molar-refractivity contribution is 9.10. The summed E-state index contributed by atoms with van der Waals surface area (Å²) in [6.45, 7) is 0.802. The quantitative estimate of drug-likeness (QED) is 0.626. The molecule has 3 N–H and O–H groups in total. The van der Waals surface area contributed by atoms with Gasteiger partial charge in [0.15, 0.2) is 0 Å². The van der Waals surface area contributed by atoms with Crippen molar-refractivity contribution < 1.29 is 9.72 Å². The lowest BCUT2D eigenvalue weighted by Crippen LogP contribution is -2.30. The number of non-ortho nitro benzene ring substituents is 1. The molecule has 100 valence electrons. The van der Waals surface area contributed by atoms with Gasteiger partial charge in [0.1, 0.15) is 0 Å². The van der Waals surface area contributed by atoms with E-state index in [1.165, 1.54) is 12.1 Å². The summed E-state index contributed by atoms with van der Waals surface area (Å²) < 4.78 is 0.551. The molecule has 0 bridgehead atoms. The summed E-state index contributed by atoms with van der Waals surface area (Å²) in [5.74, 6) is -0.162. The molecule has 0 unspecified atom stereocenters. The number of nitro benzene ring substituents is 1. The number of halogens is 2. The molecule has 0 aromatic heterocycles. The SMILES string of the molecule is Cl.NCCNC(=O)Cc1ccc([N+](=O)[O-])cc1Br. The van der Waals surface area contributed by atoms with E-state index in [2.05, 4.69) is 21.2 Å². The maximum atomic E-state index is 11.4. The second-order valence-electron chi connectivity index (χ2n) is 3.35. The van der Waals surface area contributed by atoms with Crippen molar-refractivity contribution in [1.82, 2.24) is 5.32 Å². The zero-order valence-electron chi connectivity index (χ0n) is 9.39. The Bertz CT molecular complexity index is 442. The highest BCUT2D eigenvalue weighted by Gasteiger charge is 2.11. The molecule has 0 aliphatic carbocycles. The van der Waals surface area contributed by atoms with Gasteiger partial charge in [-0.1, -0.05) is 22.0 Å². The van der Waals surface area contributed by atoms with Crippen LogP contribution in [0, 0.1) is 10.1 Å². The number of carbonyl (C=O) groups is 1. The second-order valence-corrected chi connectivity index (χ2v) is 4.20. The summed E-state index contributed by atoms with van der Waals surface area (Å²) in [6, 6.07) is 4.31. The zero-order chi connectivity index (χ0) is 12.8. The van der Waals surface area contributed by atoms with Gasteiger partial charge in [0.2, 0.25) is 5.91 Å². The zero-order valence-corrected chi connectivity index (χ0v) is 11.8. The molecule has 1 amide bonds. The number of nitro groups is 1. The molecule has 0 aliphatic rings. The molecule has 0 spiro atoms. The molecule has 1 aromatic carbocycles. The molecule has 0 saturated heterocycles. The van der Waals surface area contributed by atoms with E-state index in [4.69, 9.17) is 5.73 Å². The Labute approximate surface area is 119 Å². The summed E-state index contributed by atoms with van der Waals surface area (Å²) in [5, 5.41) is 13.1. The number of benzene rings is 1. The first kappa shape index (κ1) is 16.8. The molecule has 6 nitrogen and oxygen atoms in total. The van der Waals surface area contributed by atoms with Crippen LogP contribution in [0.2, 0.25) is 0 Å². The van der Waals surface area contributed by atoms with Gasteiger partial charge in [0, 0.05) is 29.7 Å². The van der Waals surface area contributed by atoms with Gasteiger partial charge in [0.05, 0.1) is 11.3 Å². The molecule has 0 radical (unpaired) electrons. The van der Waals surface area contributed by atoms with Gasteiger partial charge < -0.3 is 11.1 Å². The van der Waals surface area contributed by atoms with Crippen LogP contribution in [0.1, 0.15) is 5.56 Å². The van der Waals surface area contributed by atoms with Crippen molar-refractivity contribution in [2.24, 2.45) is 5.73 Å². The number of nitrogens with two attached hydrogens (primary N) is 1. The van der Waals surface area contributed by atoms with E-state index in [1.807, 2.05) is 0 Å². The second kappa shape index (κ2) is 8.02. The lowest BCUT2D eigenvalue weighted by Gasteiger charge is -2.05. The van der Waals surface area contributed by atoms with Crippen LogP contribution in [0.4, 0.5) is 5.69 Å². The van der Waals surface area contributed by atoms with Gasteiger partial charge in [-0.05, 0) is 5.56 Å². The highest BCUT2D eigenvalue weighted by Crippen LogP contribution is 2.23. The summed E-state index contributed by atoms with van der Waals surface area (Å²) >= 11 is 3.20. The van der Waals surface area contributed by atoms with Crippen LogP contribution in [0.15, 0.2) is 22.7 Å². The van der Waals surface area contributed by atoms with Crippen LogP contribution < -0.4 is 11.1 Å². The summed E-state index contributed by atoms with van der Waals surface area (Å²) in [4.78, 5) is 21.5. The van der Waals surface area contributed by atoms with Gasteiger partial charge in [-0.3, -0.25) is 14.9 Å². The van der Waals surface area contributed by atoms with Crippen LogP contribution in [-0.4, -0.2) is 23.9 Å². The maximum Gasteiger partial charge on any atom is 0.270 e. The van der Waals surface area contributed by atoms with Crippen molar-refractivity contribution in [3.8, 4) is 0 Å². The van der Waals surface area contributed by atoms with Crippen molar-refractivity contribution in [3.05, 3.63) is 38.3 Å². The molecule has 8 heteroatoms. The van der Waals surface area contributed by atoms with E-state index in [9.17, 15) is 14.9 Å². The minimum absolute atomic E-state index is 0. The Kier molecular flexibility index (Phi) is 7.49. The predicted molar refractivity (Wildman–Crippen MR) is 73.8 cm³/mol. The molecule has 0 aliphatic heterocycles. The molecule has 0 fully saturated rings. The standard InChI is InChI=1S/C10H12BrN3O3.ClH/c11-9-6-8(14(16)17)2-1-7(9)5-10(15)13-4-3-12;/h1-2,6H,3-5,12H2,(H,13,15);1H. The Hall–Kier alpha value is -1.18. The van der Waals surface area contributed by atoms with Crippen molar-refractivity contribution >= 4 is 39.9 Å². The molecule has 0 atom stereocenters. The number of rotatable bonds is 5. The molecule has 0 saturated carbocycles. The minimum Gasteiger partial charge on any atom is -0.355 e. The third-order valence-corrected chi connectivity index (χ3v) is 2.80. The fourth-order valence-electron chi connectivity index (χ4n) is 1.24. The molecular formula is C10H13BrClN3O3. The van der Waals surface area contributed by atoms with Gasteiger partial charge >= 0.3 is 0 Å². The first-order valence-electron chi connectivity index (χ1n) is 4.94. The van der Waals surface area contributed by atoms with Gasteiger partial charge in [-0.25, -0.2) is 0 Å². The lowest BCUT2D eigenvalue weighted by atomic mass is 10.1. The van der Waals surface area contributed by atoms with Crippen molar-refractivity contribution in [3.63, 3.8) is 0 Å². The Morgan fingerprint density at radius 2 is 2.17 bits per heavy atom. The molecular weight excluding hydrogens is 325 g/mol. The van der Waals surface area contributed by atoms with E-state index >= 15 is 0 Å². The van der Waals surface area contributed by atoms with E-state index in [1.54, 1.807) is 6.07 Å². The monoisotopic (exact) mass is 337 g/mol. The van der Waals surface area contributed by atoms with Gasteiger partial charge in [0.25, 0.3) is 5.69 Å². The predicted octanol–water partition coefficient (Wildman–Crippen LogP) is 1.40. The Morgan fingerprint density at radius 3 is 2.67 bits per heavy atom. The summed E-state index contributed by atoms with van der Waals surface area (Å²) in [6.07, 6.45) is 0.165. The number of nitrogens with one attached hydrogen (secondary N) is 1. The summed E-state index contributed by atoms with van der Waals surface area (Å²) in [5.41, 5.74) is 5.94. The number of nitrogens with zero attached hydrogens (tertiary/aromatic N) is 1. The molecule has 1 aromatic rings. The smallest absolute Gasteiger partial charge is 0.270 e. The fraction of sp³-hybridized carbons (Fsp3) is 0.300. The Balaban J connectivity index is 0.00000289. The maximum absolute atomic E-state index is 11.4. The van der Waals surface area contributed by atoms with Crippen LogP contribution in [0.5, 0.6) is 0 Å². The molecule has 18 heavy (non-hydrogen) atoms. The normalized spacial score (nSPS) is 9.44. The van der Waals surface area contributed by atoms with E-state index < -0.39 is 4.92 Å². The minimum atomic E-state index is -0.483. The first-order chi connectivity index (χ1) is 8.04. The van der Waals surface area contributed by atoms with Crippen molar-refractivity contribution in [2.75, 3.05) is 13.1 Å². The summed E-state index contributed by atoms with van der Waals surface area (Å²) in [7, 11) is 0. The Morgan fingerprint density at radius 1 is 1.50 bits per heavy atom. The van der Waals surface area contributed by atoms with Crippen LogP contribution in [-0.2, 0) is 11.2 Å². The number of carbonyl (C=O) groups excluding carboxylic acids is 1. The van der Waals surface area contributed by atoms with Crippen molar-refractivity contribution in [1.29, 1.82) is 0 Å². The number of hydrogen-bond donors (Lipinski definition) is 2. The lowest BCUT2D eigenvalue weighted by molar-refractivity contribution is -0.384. The average Bonchev–Trinajstić information content (AvgIpc) is 2.28. The third-order valence-electron chi connectivity index (χ3n) is 2.06. The van der Waals surface area contributed by atoms with Crippen LogP contribution in [0.25, 0.3) is 0 Å². The van der Waals surface area contributed by atoms with Crippen LogP contribution in [0.3, 0.4) is 0 Å². The molecule has 1 rings (SSSR count).